The first kappa shape index (κ1) is 17.7. The predicted molar refractivity (Wildman–Crippen MR) is 89.8 cm³/mol. The predicted octanol–water partition coefficient (Wildman–Crippen LogP) is 4.47. The Morgan fingerprint density at radius 3 is 2.40 bits per heavy atom. The second-order valence-electron chi connectivity index (χ2n) is 5.09. The Kier molecular flexibility index (Phi) is 5.13. The molecule has 0 amide bonds. The smallest absolute Gasteiger partial charge is 0.336 e. The van der Waals surface area contributed by atoms with Gasteiger partial charge in [-0.2, -0.15) is 5.11 Å². The Morgan fingerprint density at radius 2 is 1.80 bits per heavy atom. The number of ketones is 1. The number of carboxylic acid groups (broad SMARTS) is 1. The van der Waals surface area contributed by atoms with Gasteiger partial charge in [-0.15, -0.1) is 5.11 Å². The molecule has 1 N–H and O–H groups in total. The van der Waals surface area contributed by atoms with Crippen molar-refractivity contribution in [1.82, 2.24) is 0 Å². The topological polar surface area (TPSA) is 122 Å². The molecule has 126 valence electrons. The average Bonchev–Trinajstić information content (AvgIpc) is 2.59. The van der Waals surface area contributed by atoms with Gasteiger partial charge in [0.25, 0.3) is 5.69 Å². The zero-order chi connectivity index (χ0) is 18.6. The molecular formula is C17H13N3O5. The Morgan fingerprint density at radius 1 is 1.12 bits per heavy atom. The molecule has 0 spiro atoms. The first-order valence-corrected chi connectivity index (χ1v) is 7.04. The highest BCUT2D eigenvalue weighted by Gasteiger charge is 2.18. The van der Waals surface area contributed by atoms with Crippen molar-refractivity contribution in [3.8, 4) is 0 Å². The fourth-order valence-electron chi connectivity index (χ4n) is 2.01. The minimum atomic E-state index is -1.30. The van der Waals surface area contributed by atoms with Crippen molar-refractivity contribution >= 4 is 28.8 Å². The number of nitrogens with zero attached hydrogens (tertiary/aromatic N) is 3. The van der Waals surface area contributed by atoms with Crippen LogP contribution in [0.5, 0.6) is 0 Å². The largest absolute Gasteiger partial charge is 0.478 e. The molecule has 0 aliphatic carbocycles. The number of nitro groups is 1. The van der Waals surface area contributed by atoms with Crippen LogP contribution in [0.4, 0.5) is 17.1 Å². The number of benzene rings is 2. The summed E-state index contributed by atoms with van der Waals surface area (Å²) in [6, 6.07) is 9.66. The maximum Gasteiger partial charge on any atom is 0.336 e. The van der Waals surface area contributed by atoms with Crippen molar-refractivity contribution in [2.24, 2.45) is 10.2 Å². The second-order valence-corrected chi connectivity index (χ2v) is 5.09. The molecule has 0 aliphatic rings. The van der Waals surface area contributed by atoms with Crippen LogP contribution < -0.4 is 0 Å². The monoisotopic (exact) mass is 339 g/mol. The number of hydrogen-bond donors (Lipinski definition) is 1. The van der Waals surface area contributed by atoms with E-state index in [0.717, 1.165) is 0 Å². The Bertz CT molecular complexity index is 918. The molecule has 2 aromatic carbocycles. The number of Topliss-reactive ketones (excluding diaryl/α,β-unsaturated/α-hetero) is 1. The van der Waals surface area contributed by atoms with Crippen LogP contribution >= 0.6 is 0 Å². The molecule has 0 bridgehead atoms. The molecule has 0 fully saturated rings. The highest BCUT2D eigenvalue weighted by atomic mass is 16.6. The second kappa shape index (κ2) is 7.26. The number of aromatic carboxylic acids is 1. The Hall–Kier alpha value is -3.68. The molecule has 25 heavy (non-hydrogen) atoms. The third-order valence-electron chi connectivity index (χ3n) is 3.22. The summed E-state index contributed by atoms with van der Waals surface area (Å²) in [4.78, 5) is 33.7. The van der Waals surface area contributed by atoms with E-state index in [9.17, 15) is 24.8 Å². The van der Waals surface area contributed by atoms with E-state index in [4.69, 9.17) is 0 Å². The van der Waals surface area contributed by atoms with Crippen LogP contribution in [-0.2, 0) is 0 Å². The Labute approximate surface area is 142 Å². The molecule has 0 atom stereocenters. The zero-order valence-electron chi connectivity index (χ0n) is 13.2. The highest BCUT2D eigenvalue weighted by molar-refractivity contribution is 6.13. The van der Waals surface area contributed by atoms with E-state index in [1.54, 1.807) is 6.07 Å². The molecule has 0 saturated carbocycles. The van der Waals surface area contributed by atoms with Crippen LogP contribution in [0.1, 0.15) is 27.6 Å². The van der Waals surface area contributed by atoms with Crippen molar-refractivity contribution in [3.63, 3.8) is 0 Å². The molecule has 8 nitrogen and oxygen atoms in total. The molecule has 0 heterocycles. The van der Waals surface area contributed by atoms with E-state index in [1.807, 2.05) is 0 Å². The van der Waals surface area contributed by atoms with E-state index < -0.39 is 16.7 Å². The van der Waals surface area contributed by atoms with E-state index in [0.29, 0.717) is 0 Å². The normalized spacial score (nSPS) is 10.6. The summed E-state index contributed by atoms with van der Waals surface area (Å²) in [5.74, 6) is -1.79. The number of carbonyl (C=O) groups excluding carboxylic acids is 1. The molecule has 0 aromatic heterocycles. The van der Waals surface area contributed by atoms with Gasteiger partial charge in [-0.3, -0.25) is 14.9 Å². The number of carbonyl (C=O) groups is 2. The van der Waals surface area contributed by atoms with Gasteiger partial charge >= 0.3 is 5.97 Å². The summed E-state index contributed by atoms with van der Waals surface area (Å²) < 4.78 is 0. The van der Waals surface area contributed by atoms with Crippen molar-refractivity contribution < 1.29 is 19.6 Å². The number of azo groups is 1. The molecule has 2 aromatic rings. The maximum absolute atomic E-state index is 12.0. The summed E-state index contributed by atoms with van der Waals surface area (Å²) in [5.41, 5.74) is -0.0903. The van der Waals surface area contributed by atoms with Crippen LogP contribution in [0.15, 0.2) is 64.8 Å². The van der Waals surface area contributed by atoms with Crippen molar-refractivity contribution in [1.29, 1.82) is 0 Å². The number of para-hydroxylation sites is 1. The summed E-state index contributed by atoms with van der Waals surface area (Å²) in [7, 11) is 0. The molecule has 0 unspecified atom stereocenters. The fourth-order valence-corrected chi connectivity index (χ4v) is 2.01. The average molecular weight is 339 g/mol. The summed E-state index contributed by atoms with van der Waals surface area (Å²) >= 11 is 0. The standard InChI is InChI=1S/C17H13N3O5/c1-10(2)16(21)12-8-7-11(9-13(12)17(22)23)18-19-14-5-3-4-6-15(14)20(24)25/h3-9H,1H2,2H3,(H,22,23). The number of nitro benzene ring substituents is 1. The van der Waals surface area contributed by atoms with Gasteiger partial charge in [-0.25, -0.2) is 4.79 Å². The van der Waals surface area contributed by atoms with E-state index in [2.05, 4.69) is 16.8 Å². The fraction of sp³-hybridized carbons (Fsp3) is 0.0588. The summed E-state index contributed by atoms with van der Waals surface area (Å²) in [6.45, 7) is 4.99. The minimum Gasteiger partial charge on any atom is -0.478 e. The minimum absolute atomic E-state index is 0.00959. The maximum atomic E-state index is 12.0. The molecule has 8 heteroatoms. The van der Waals surface area contributed by atoms with E-state index in [1.165, 1.54) is 43.3 Å². The van der Waals surface area contributed by atoms with Crippen LogP contribution in [0.2, 0.25) is 0 Å². The zero-order valence-corrected chi connectivity index (χ0v) is 13.2. The number of carboxylic acids is 1. The SMILES string of the molecule is C=C(C)C(=O)c1ccc(N=Nc2ccccc2[N+](=O)[O-])cc1C(=O)O. The van der Waals surface area contributed by atoms with Crippen LogP contribution in [0.25, 0.3) is 0 Å². The van der Waals surface area contributed by atoms with E-state index >= 15 is 0 Å². The van der Waals surface area contributed by atoms with Gasteiger partial charge in [-0.05, 0) is 36.8 Å². The first-order valence-electron chi connectivity index (χ1n) is 7.04. The van der Waals surface area contributed by atoms with Crippen molar-refractivity contribution in [2.45, 2.75) is 6.92 Å². The Balaban J connectivity index is 2.43. The van der Waals surface area contributed by atoms with Gasteiger partial charge < -0.3 is 5.11 Å². The third kappa shape index (κ3) is 3.99. The number of allylic oxidation sites excluding steroid dienone is 1. The lowest BCUT2D eigenvalue weighted by Crippen LogP contribution is -2.08. The van der Waals surface area contributed by atoms with Crippen molar-refractivity contribution in [3.05, 3.63) is 75.9 Å². The van der Waals surface area contributed by atoms with Crippen LogP contribution in [-0.4, -0.2) is 21.8 Å². The number of hydrogen-bond acceptors (Lipinski definition) is 6. The van der Waals surface area contributed by atoms with Gasteiger partial charge in [0.1, 0.15) is 0 Å². The molecule has 0 aliphatic heterocycles. The lowest BCUT2D eigenvalue weighted by molar-refractivity contribution is -0.384. The van der Waals surface area contributed by atoms with Crippen LogP contribution in [0.3, 0.4) is 0 Å². The lowest BCUT2D eigenvalue weighted by Gasteiger charge is -2.05. The van der Waals surface area contributed by atoms with Gasteiger partial charge in [-0.1, -0.05) is 18.7 Å². The van der Waals surface area contributed by atoms with Gasteiger partial charge in [0.05, 0.1) is 16.2 Å². The van der Waals surface area contributed by atoms with Gasteiger partial charge in [0.15, 0.2) is 11.5 Å². The molecule has 0 saturated heterocycles. The van der Waals surface area contributed by atoms with Gasteiger partial charge in [0.2, 0.25) is 0 Å². The highest BCUT2D eigenvalue weighted by Crippen LogP contribution is 2.29. The van der Waals surface area contributed by atoms with E-state index in [-0.39, 0.29) is 33.8 Å². The van der Waals surface area contributed by atoms with Gasteiger partial charge in [0, 0.05) is 11.6 Å². The molecule has 2 rings (SSSR count). The van der Waals surface area contributed by atoms with Crippen LogP contribution in [0, 0.1) is 10.1 Å². The molecular weight excluding hydrogens is 326 g/mol. The van der Waals surface area contributed by atoms with Crippen molar-refractivity contribution in [2.75, 3.05) is 0 Å². The lowest BCUT2D eigenvalue weighted by atomic mass is 9.99. The summed E-state index contributed by atoms with van der Waals surface area (Å²) in [6.07, 6.45) is 0. The molecule has 0 radical (unpaired) electrons. The summed E-state index contributed by atoms with van der Waals surface area (Å²) in [5, 5.41) is 27.8. The number of rotatable bonds is 6. The third-order valence-corrected chi connectivity index (χ3v) is 3.22. The quantitative estimate of drug-likeness (QED) is 0.273. The first-order chi connectivity index (χ1) is 11.8.